The van der Waals surface area contributed by atoms with Gasteiger partial charge in [-0.05, 0) is 51.4 Å². The first-order valence-corrected chi connectivity index (χ1v) is 17.6. The first kappa shape index (κ1) is 31.4. The Labute approximate surface area is 200 Å². The first-order valence-electron chi connectivity index (χ1n) is 15.1. The van der Waals surface area contributed by atoms with Gasteiger partial charge in [-0.1, -0.05) is 118 Å². The zero-order valence-corrected chi connectivity index (χ0v) is 23.7. The van der Waals surface area contributed by atoms with Gasteiger partial charge in [-0.2, -0.15) is 0 Å². The van der Waals surface area contributed by atoms with Gasteiger partial charge in [-0.25, -0.2) is 0 Å². The van der Waals surface area contributed by atoms with E-state index in [-0.39, 0.29) is 0 Å². The normalized spacial score (nSPS) is 12.0. The van der Waals surface area contributed by atoms with Gasteiger partial charge in [0.2, 0.25) is 0 Å². The summed E-state index contributed by atoms with van der Waals surface area (Å²) in [5, 5.41) is 0. The average Bonchev–Trinajstić information content (AvgIpc) is 2.78. The Morgan fingerprint density at radius 3 is 0.677 bits per heavy atom. The van der Waals surface area contributed by atoms with Crippen molar-refractivity contribution in [2.75, 3.05) is 24.6 Å². The number of unbranched alkanes of at least 4 members (excludes halogenated alkanes) is 18. The van der Waals surface area contributed by atoms with Gasteiger partial charge in [0.15, 0.2) is 0 Å². The maximum absolute atomic E-state index is 2.35. The lowest BCUT2D eigenvalue weighted by Crippen LogP contribution is -2.13. The molecule has 1 heteroatoms. The van der Waals surface area contributed by atoms with Crippen LogP contribution in [0.15, 0.2) is 0 Å². The summed E-state index contributed by atoms with van der Waals surface area (Å²) in [5.41, 5.74) is 0. The SMILES string of the molecule is CCCCCCCC[P+](CCCCCCC)(CCCCCCC)CCCCCCCC. The van der Waals surface area contributed by atoms with Crippen LogP contribution in [0.25, 0.3) is 0 Å². The van der Waals surface area contributed by atoms with Gasteiger partial charge in [0.1, 0.15) is 0 Å². The summed E-state index contributed by atoms with van der Waals surface area (Å²) in [6.07, 6.45) is 39.1. The van der Waals surface area contributed by atoms with Crippen LogP contribution in [0.2, 0.25) is 0 Å². The fraction of sp³-hybridized carbons (Fsp3) is 1.00. The molecule has 188 valence electrons. The summed E-state index contributed by atoms with van der Waals surface area (Å²) in [6, 6.07) is 0. The first-order chi connectivity index (χ1) is 15.2. The Bertz CT molecular complexity index is 292. The van der Waals surface area contributed by atoms with Crippen molar-refractivity contribution in [3.05, 3.63) is 0 Å². The van der Waals surface area contributed by atoms with E-state index in [1.54, 1.807) is 50.3 Å². The van der Waals surface area contributed by atoms with Crippen molar-refractivity contribution in [2.24, 2.45) is 0 Å². The van der Waals surface area contributed by atoms with Gasteiger partial charge in [0.05, 0.1) is 24.6 Å². The lowest BCUT2D eigenvalue weighted by atomic mass is 10.1. The third kappa shape index (κ3) is 20.7. The molecule has 0 spiro atoms. The van der Waals surface area contributed by atoms with Crippen molar-refractivity contribution < 1.29 is 0 Å². The molecule has 0 fully saturated rings. The molecule has 0 aromatic heterocycles. The summed E-state index contributed by atoms with van der Waals surface area (Å²) in [4.78, 5) is 0. The molecular formula is C30H64P+. The van der Waals surface area contributed by atoms with Crippen molar-refractivity contribution in [3.8, 4) is 0 Å². The highest BCUT2D eigenvalue weighted by Gasteiger charge is 2.34. The topological polar surface area (TPSA) is 0 Å². The molecule has 0 aliphatic rings. The third-order valence-electron chi connectivity index (χ3n) is 7.44. The number of rotatable bonds is 26. The van der Waals surface area contributed by atoms with Crippen LogP contribution in [0.3, 0.4) is 0 Å². The molecule has 31 heavy (non-hydrogen) atoms. The maximum atomic E-state index is 2.35. The van der Waals surface area contributed by atoms with Crippen molar-refractivity contribution in [1.82, 2.24) is 0 Å². The minimum atomic E-state index is -0.705. The molecule has 0 amide bonds. The fourth-order valence-electron chi connectivity index (χ4n) is 5.23. The highest BCUT2D eigenvalue weighted by molar-refractivity contribution is 7.75. The minimum absolute atomic E-state index is 0.705. The molecule has 0 saturated heterocycles. The molecule has 0 aliphatic heterocycles. The molecule has 0 rings (SSSR count). The minimum Gasteiger partial charge on any atom is -0.0654 e. The Kier molecular flexibility index (Phi) is 25.4. The van der Waals surface area contributed by atoms with Crippen molar-refractivity contribution in [1.29, 1.82) is 0 Å². The van der Waals surface area contributed by atoms with Crippen LogP contribution in [-0.4, -0.2) is 24.6 Å². The van der Waals surface area contributed by atoms with E-state index >= 15 is 0 Å². The van der Waals surface area contributed by atoms with Crippen LogP contribution in [0, 0.1) is 0 Å². The van der Waals surface area contributed by atoms with Gasteiger partial charge in [-0.15, -0.1) is 0 Å². The second-order valence-corrected chi connectivity index (χ2v) is 15.1. The molecule has 0 saturated carbocycles. The lowest BCUT2D eigenvalue weighted by Gasteiger charge is -2.28. The third-order valence-corrected chi connectivity index (χ3v) is 12.5. The van der Waals surface area contributed by atoms with Crippen LogP contribution in [0.4, 0.5) is 0 Å². The molecule has 0 aliphatic carbocycles. The summed E-state index contributed by atoms with van der Waals surface area (Å²) in [6.45, 7) is 9.39. The van der Waals surface area contributed by atoms with Crippen LogP contribution < -0.4 is 0 Å². The fourth-order valence-corrected chi connectivity index (χ4v) is 10.1. The van der Waals surface area contributed by atoms with E-state index in [1.807, 2.05) is 0 Å². The zero-order valence-electron chi connectivity index (χ0n) is 22.8. The molecule has 0 atom stereocenters. The second-order valence-electron chi connectivity index (χ2n) is 10.6. The molecule has 0 heterocycles. The molecule has 0 bridgehead atoms. The van der Waals surface area contributed by atoms with E-state index in [9.17, 15) is 0 Å². The predicted molar refractivity (Wildman–Crippen MR) is 151 cm³/mol. The number of hydrogen-bond acceptors (Lipinski definition) is 0. The zero-order chi connectivity index (χ0) is 22.9. The monoisotopic (exact) mass is 455 g/mol. The Balaban J connectivity index is 4.70. The highest BCUT2D eigenvalue weighted by Crippen LogP contribution is 2.61. The molecule has 0 aromatic rings. The maximum Gasteiger partial charge on any atom is 0.0594 e. The summed E-state index contributed by atoms with van der Waals surface area (Å²) in [5.74, 6) is 0. The van der Waals surface area contributed by atoms with E-state index in [4.69, 9.17) is 0 Å². The smallest absolute Gasteiger partial charge is 0.0594 e. The highest BCUT2D eigenvalue weighted by atomic mass is 31.2. The molecular weight excluding hydrogens is 391 g/mol. The largest absolute Gasteiger partial charge is 0.0654 e. The summed E-state index contributed by atoms with van der Waals surface area (Å²) >= 11 is 0. The Hall–Kier alpha value is 0.430. The second kappa shape index (κ2) is 25.1. The van der Waals surface area contributed by atoms with Gasteiger partial charge in [-0.3, -0.25) is 0 Å². The molecule has 0 aromatic carbocycles. The summed E-state index contributed by atoms with van der Waals surface area (Å²) in [7, 11) is -0.705. The van der Waals surface area contributed by atoms with Crippen LogP contribution in [0.1, 0.15) is 169 Å². The van der Waals surface area contributed by atoms with E-state index in [0.29, 0.717) is 0 Å². The quantitative estimate of drug-likeness (QED) is 0.0898. The van der Waals surface area contributed by atoms with E-state index in [0.717, 1.165) is 0 Å². The van der Waals surface area contributed by atoms with Gasteiger partial charge >= 0.3 is 0 Å². The van der Waals surface area contributed by atoms with E-state index in [1.165, 1.54) is 116 Å². The van der Waals surface area contributed by atoms with Crippen molar-refractivity contribution in [3.63, 3.8) is 0 Å². The lowest BCUT2D eigenvalue weighted by molar-refractivity contribution is 0.616. The van der Waals surface area contributed by atoms with Gasteiger partial charge in [0.25, 0.3) is 0 Å². The van der Waals surface area contributed by atoms with Crippen LogP contribution in [-0.2, 0) is 0 Å². The van der Waals surface area contributed by atoms with Crippen LogP contribution in [0.5, 0.6) is 0 Å². The average molecular weight is 456 g/mol. The van der Waals surface area contributed by atoms with Crippen LogP contribution >= 0.6 is 7.26 Å². The summed E-state index contributed by atoms with van der Waals surface area (Å²) < 4.78 is 0. The molecule has 0 nitrogen and oxygen atoms in total. The van der Waals surface area contributed by atoms with Crippen molar-refractivity contribution in [2.45, 2.75) is 169 Å². The molecule has 0 N–H and O–H groups in total. The molecule has 0 radical (unpaired) electrons. The standard InChI is InChI=1S/C30H64P/c1-5-9-13-17-21-25-29-31(27-23-19-15-11-7-3,28-24-20-16-12-8-4)30-26-22-18-14-10-6-2/h5-30H2,1-4H3/q+1. The van der Waals surface area contributed by atoms with Gasteiger partial charge in [0, 0.05) is 7.26 Å². The van der Waals surface area contributed by atoms with Gasteiger partial charge < -0.3 is 0 Å². The van der Waals surface area contributed by atoms with E-state index < -0.39 is 7.26 Å². The Morgan fingerprint density at radius 2 is 0.452 bits per heavy atom. The Morgan fingerprint density at radius 1 is 0.258 bits per heavy atom. The predicted octanol–water partition coefficient (Wildman–Crippen LogP) is 11.7. The molecule has 0 unspecified atom stereocenters. The number of hydrogen-bond donors (Lipinski definition) is 0. The van der Waals surface area contributed by atoms with Crippen molar-refractivity contribution >= 4 is 7.26 Å². The van der Waals surface area contributed by atoms with E-state index in [2.05, 4.69) is 27.7 Å².